The summed E-state index contributed by atoms with van der Waals surface area (Å²) in [7, 11) is 1.46. The maximum absolute atomic E-state index is 13.1. The molecule has 0 amide bonds. The molecule has 0 aliphatic carbocycles. The maximum Gasteiger partial charge on any atom is 0.416 e. The Morgan fingerprint density at radius 2 is 1.82 bits per heavy atom. The van der Waals surface area contributed by atoms with Gasteiger partial charge in [0.2, 0.25) is 5.88 Å². The number of aryl methyl sites for hydroxylation is 1. The number of rotatable bonds is 3. The van der Waals surface area contributed by atoms with Gasteiger partial charge in [-0.3, -0.25) is 9.55 Å². The normalized spacial score (nSPS) is 11.8. The van der Waals surface area contributed by atoms with E-state index in [2.05, 4.69) is 25.1 Å². The second kappa shape index (κ2) is 6.55. The van der Waals surface area contributed by atoms with Gasteiger partial charge in [-0.15, -0.1) is 10.2 Å². The molecule has 0 unspecified atom stereocenters. The molecule has 0 saturated carbocycles. The summed E-state index contributed by atoms with van der Waals surface area (Å²) < 4.78 is 45.9. The predicted molar refractivity (Wildman–Crippen MR) is 94.0 cm³/mol. The summed E-state index contributed by atoms with van der Waals surface area (Å²) >= 11 is 0. The quantitative estimate of drug-likeness (QED) is 0.535. The molecular weight excluding hydrogens is 373 g/mol. The Kier molecular flexibility index (Phi) is 4.17. The van der Waals surface area contributed by atoms with Gasteiger partial charge in [-0.25, -0.2) is 9.97 Å². The van der Waals surface area contributed by atoms with Crippen LogP contribution in [-0.2, 0) is 6.18 Å². The van der Waals surface area contributed by atoms with Crippen LogP contribution in [0.15, 0.2) is 42.7 Å². The van der Waals surface area contributed by atoms with Crippen LogP contribution in [0.5, 0.6) is 5.88 Å². The summed E-state index contributed by atoms with van der Waals surface area (Å²) in [6.07, 6.45) is -1.41. The summed E-state index contributed by atoms with van der Waals surface area (Å²) in [5, 5.41) is 8.02. The Morgan fingerprint density at radius 3 is 2.43 bits per heavy atom. The summed E-state index contributed by atoms with van der Waals surface area (Å²) in [5.74, 6) is 0.978. The number of halogens is 3. The molecule has 3 heterocycles. The minimum Gasteiger partial charge on any atom is -0.480 e. The molecule has 4 aromatic rings. The van der Waals surface area contributed by atoms with Gasteiger partial charge in [0.15, 0.2) is 11.6 Å². The summed E-state index contributed by atoms with van der Waals surface area (Å²) in [4.78, 5) is 12.9. The minimum absolute atomic E-state index is 0.157. The molecule has 1 aromatic carbocycles. The fourth-order valence-corrected chi connectivity index (χ4v) is 2.71. The van der Waals surface area contributed by atoms with Gasteiger partial charge in [0.05, 0.1) is 35.6 Å². The summed E-state index contributed by atoms with van der Waals surface area (Å²) in [6.45, 7) is 1.78. The van der Waals surface area contributed by atoms with E-state index in [4.69, 9.17) is 4.74 Å². The van der Waals surface area contributed by atoms with Crippen LogP contribution in [0.4, 0.5) is 13.2 Å². The van der Waals surface area contributed by atoms with Gasteiger partial charge in [-0.05, 0) is 31.2 Å². The molecule has 0 saturated heterocycles. The van der Waals surface area contributed by atoms with Gasteiger partial charge >= 0.3 is 6.18 Å². The van der Waals surface area contributed by atoms with Crippen molar-refractivity contribution in [3.63, 3.8) is 0 Å². The lowest BCUT2D eigenvalue weighted by Crippen LogP contribution is -2.05. The molecule has 0 bridgehead atoms. The zero-order valence-corrected chi connectivity index (χ0v) is 14.8. The number of fused-ring (bicyclic) bond motifs is 1. The molecule has 7 nitrogen and oxygen atoms in total. The summed E-state index contributed by atoms with van der Waals surface area (Å²) in [6, 6.07) is 6.58. The fraction of sp³-hybridized carbons (Fsp3) is 0.167. The van der Waals surface area contributed by atoms with E-state index in [-0.39, 0.29) is 5.52 Å². The van der Waals surface area contributed by atoms with Crippen LogP contribution in [-0.4, -0.2) is 36.8 Å². The highest BCUT2D eigenvalue weighted by atomic mass is 19.4. The van der Waals surface area contributed by atoms with Gasteiger partial charge in [-0.2, -0.15) is 13.2 Å². The number of hydrogen-bond acceptors (Lipinski definition) is 6. The number of aromatic nitrogens is 6. The highest BCUT2D eigenvalue weighted by Gasteiger charge is 2.31. The largest absolute Gasteiger partial charge is 0.480 e. The molecule has 0 N–H and O–H groups in total. The standard InChI is InChI=1S/C18H13F3N6O/c1-10-8-23-13(9-22-10)17-24-12-7-11(18(19,20)21)3-4-14(12)27(17)15-5-6-16(28-2)26-25-15/h3-9H,1-2H3. The van der Waals surface area contributed by atoms with Crippen molar-refractivity contribution in [1.82, 2.24) is 29.7 Å². The number of imidazole rings is 1. The SMILES string of the molecule is COc1ccc(-n2c(-c3cnc(C)cn3)nc3cc(C(F)(F)F)ccc32)nn1. The average Bonchev–Trinajstić information content (AvgIpc) is 3.06. The number of methoxy groups -OCH3 is 1. The van der Waals surface area contributed by atoms with Crippen molar-refractivity contribution < 1.29 is 17.9 Å². The molecule has 4 rings (SSSR count). The van der Waals surface area contributed by atoms with Crippen molar-refractivity contribution in [3.05, 3.63) is 54.0 Å². The Bertz CT molecular complexity index is 1140. The third kappa shape index (κ3) is 3.13. The van der Waals surface area contributed by atoms with Crippen molar-refractivity contribution in [1.29, 1.82) is 0 Å². The predicted octanol–water partition coefficient (Wildman–Crippen LogP) is 3.61. The Morgan fingerprint density at radius 1 is 1.00 bits per heavy atom. The maximum atomic E-state index is 13.1. The van der Waals surface area contributed by atoms with E-state index in [9.17, 15) is 13.2 Å². The highest BCUT2D eigenvalue weighted by Crippen LogP contribution is 2.33. The molecule has 10 heteroatoms. The minimum atomic E-state index is -4.47. The molecule has 0 radical (unpaired) electrons. The topological polar surface area (TPSA) is 78.6 Å². The first kappa shape index (κ1) is 17.8. The highest BCUT2D eigenvalue weighted by molar-refractivity contribution is 5.82. The fourth-order valence-electron chi connectivity index (χ4n) is 2.71. The van der Waals surface area contributed by atoms with Crippen molar-refractivity contribution in [2.24, 2.45) is 0 Å². The van der Waals surface area contributed by atoms with E-state index in [0.29, 0.717) is 34.4 Å². The van der Waals surface area contributed by atoms with E-state index >= 15 is 0 Å². The zero-order valence-electron chi connectivity index (χ0n) is 14.8. The van der Waals surface area contributed by atoms with Crippen LogP contribution in [0.3, 0.4) is 0 Å². The third-order valence-corrected chi connectivity index (χ3v) is 4.06. The molecular formula is C18H13F3N6O. The first-order valence-electron chi connectivity index (χ1n) is 8.13. The smallest absolute Gasteiger partial charge is 0.416 e. The van der Waals surface area contributed by atoms with Gasteiger partial charge in [0, 0.05) is 12.3 Å². The molecule has 0 spiro atoms. The van der Waals surface area contributed by atoms with Crippen LogP contribution in [0.1, 0.15) is 11.3 Å². The Balaban J connectivity index is 1.98. The van der Waals surface area contributed by atoms with Crippen LogP contribution >= 0.6 is 0 Å². The lowest BCUT2D eigenvalue weighted by Gasteiger charge is -2.09. The second-order valence-electron chi connectivity index (χ2n) is 5.95. The zero-order chi connectivity index (χ0) is 19.9. The van der Waals surface area contributed by atoms with Gasteiger partial charge in [0.25, 0.3) is 0 Å². The number of alkyl halides is 3. The first-order valence-corrected chi connectivity index (χ1v) is 8.13. The van der Waals surface area contributed by atoms with Gasteiger partial charge in [0.1, 0.15) is 5.69 Å². The lowest BCUT2D eigenvalue weighted by molar-refractivity contribution is -0.137. The van der Waals surface area contributed by atoms with E-state index in [1.165, 1.54) is 19.4 Å². The van der Waals surface area contributed by atoms with E-state index < -0.39 is 11.7 Å². The van der Waals surface area contributed by atoms with Crippen molar-refractivity contribution in [2.75, 3.05) is 7.11 Å². The molecule has 28 heavy (non-hydrogen) atoms. The first-order chi connectivity index (χ1) is 13.4. The number of benzene rings is 1. The monoisotopic (exact) mass is 386 g/mol. The molecule has 142 valence electrons. The van der Waals surface area contributed by atoms with E-state index in [1.807, 2.05) is 0 Å². The summed E-state index contributed by atoms with van der Waals surface area (Å²) in [5.41, 5.74) is 0.907. The molecule has 3 aromatic heterocycles. The third-order valence-electron chi connectivity index (χ3n) is 4.06. The van der Waals surface area contributed by atoms with Crippen molar-refractivity contribution in [2.45, 2.75) is 13.1 Å². The lowest BCUT2D eigenvalue weighted by atomic mass is 10.2. The van der Waals surface area contributed by atoms with Crippen molar-refractivity contribution >= 4 is 11.0 Å². The molecule has 0 aliphatic heterocycles. The van der Waals surface area contributed by atoms with Crippen LogP contribution in [0, 0.1) is 6.92 Å². The average molecular weight is 386 g/mol. The van der Waals surface area contributed by atoms with Crippen LogP contribution in [0.2, 0.25) is 0 Å². The molecule has 0 fully saturated rings. The number of ether oxygens (including phenoxy) is 1. The van der Waals surface area contributed by atoms with Crippen molar-refractivity contribution in [3.8, 4) is 23.2 Å². The molecule has 0 aliphatic rings. The van der Waals surface area contributed by atoms with E-state index in [1.54, 1.807) is 29.8 Å². The Labute approximate surface area is 156 Å². The number of nitrogens with zero attached hydrogens (tertiary/aromatic N) is 6. The van der Waals surface area contributed by atoms with Gasteiger partial charge < -0.3 is 4.74 Å². The second-order valence-corrected chi connectivity index (χ2v) is 5.95. The molecule has 0 atom stereocenters. The number of hydrogen-bond donors (Lipinski definition) is 0. The van der Waals surface area contributed by atoms with Crippen LogP contribution in [0.25, 0.3) is 28.4 Å². The van der Waals surface area contributed by atoms with Crippen LogP contribution < -0.4 is 4.74 Å². The Hall–Kier alpha value is -3.56. The van der Waals surface area contributed by atoms with Gasteiger partial charge in [-0.1, -0.05) is 0 Å². The van der Waals surface area contributed by atoms with E-state index in [0.717, 1.165) is 12.1 Å².